The van der Waals surface area contributed by atoms with E-state index in [4.69, 9.17) is 14.4 Å². The fourth-order valence-electron chi connectivity index (χ4n) is 2.59. The van der Waals surface area contributed by atoms with Crippen LogP contribution in [-0.2, 0) is 17.4 Å². The second-order valence-electron chi connectivity index (χ2n) is 6.33. The van der Waals surface area contributed by atoms with E-state index in [1.807, 2.05) is 0 Å². The van der Waals surface area contributed by atoms with Gasteiger partial charge in [-0.3, -0.25) is 4.79 Å². The van der Waals surface area contributed by atoms with Gasteiger partial charge in [0.15, 0.2) is 6.10 Å². The topological polar surface area (TPSA) is 85.5 Å². The van der Waals surface area contributed by atoms with Crippen molar-refractivity contribution in [3.63, 3.8) is 0 Å². The van der Waals surface area contributed by atoms with E-state index in [-0.39, 0.29) is 23.7 Å². The number of nitrogens with zero attached hydrogens (tertiary/aromatic N) is 2. The van der Waals surface area contributed by atoms with Crippen LogP contribution in [0.2, 0.25) is 0 Å². The lowest BCUT2D eigenvalue weighted by Crippen LogP contribution is -2.05. The van der Waals surface area contributed by atoms with E-state index in [0.29, 0.717) is 12.2 Å². The van der Waals surface area contributed by atoms with Gasteiger partial charge in [-0.1, -0.05) is 29.4 Å². The number of carboxylic acid groups (broad SMARTS) is 1. The Balaban J connectivity index is 1.68. The summed E-state index contributed by atoms with van der Waals surface area (Å²) in [5.41, 5.74) is 0.246. The highest BCUT2D eigenvalue weighted by molar-refractivity contribution is 5.67. The fourth-order valence-corrected chi connectivity index (χ4v) is 2.59. The van der Waals surface area contributed by atoms with Gasteiger partial charge in [-0.05, 0) is 43.2 Å². The lowest BCUT2D eigenvalue weighted by atomic mass is 10.1. The molecule has 3 rings (SSSR count). The molecule has 1 atom stereocenters. The van der Waals surface area contributed by atoms with E-state index in [1.54, 1.807) is 31.2 Å². The van der Waals surface area contributed by atoms with Gasteiger partial charge in [0.2, 0.25) is 5.82 Å². The van der Waals surface area contributed by atoms with Gasteiger partial charge in [-0.2, -0.15) is 18.2 Å². The second-order valence-corrected chi connectivity index (χ2v) is 6.33. The van der Waals surface area contributed by atoms with Crippen LogP contribution < -0.4 is 4.74 Å². The van der Waals surface area contributed by atoms with Crippen molar-refractivity contribution in [2.45, 2.75) is 32.0 Å². The molecule has 152 valence electrons. The monoisotopic (exact) mass is 406 g/mol. The molecule has 0 aliphatic rings. The third-order valence-corrected chi connectivity index (χ3v) is 4.10. The van der Waals surface area contributed by atoms with E-state index < -0.39 is 23.8 Å². The van der Waals surface area contributed by atoms with Crippen molar-refractivity contribution in [2.75, 3.05) is 0 Å². The molecule has 2 aromatic carbocycles. The summed E-state index contributed by atoms with van der Waals surface area (Å²) in [6.07, 6.45) is -4.64. The Morgan fingerprint density at radius 1 is 1.21 bits per heavy atom. The van der Waals surface area contributed by atoms with E-state index >= 15 is 0 Å². The number of aryl methyl sites for hydroxylation is 1. The van der Waals surface area contributed by atoms with Crippen LogP contribution in [0, 0.1) is 0 Å². The maximum atomic E-state index is 12.9. The standard InChI is InChI=1S/C20H17F3N2O4/c1-12(28-16-8-5-13(6-9-16)7-10-17(26)27)19-24-18(25-29-19)14-3-2-4-15(11-14)20(21,22)23/h2-6,8-9,11-12H,7,10H2,1H3,(H,26,27). The number of hydrogen-bond acceptors (Lipinski definition) is 5. The highest BCUT2D eigenvalue weighted by atomic mass is 19.4. The number of carbonyl (C=O) groups is 1. The largest absolute Gasteiger partial charge is 0.481 e. The van der Waals surface area contributed by atoms with E-state index in [9.17, 15) is 18.0 Å². The molecular weight excluding hydrogens is 389 g/mol. The van der Waals surface area contributed by atoms with Gasteiger partial charge >= 0.3 is 12.1 Å². The van der Waals surface area contributed by atoms with E-state index in [1.165, 1.54) is 12.1 Å². The Bertz CT molecular complexity index is 984. The Morgan fingerprint density at radius 2 is 1.93 bits per heavy atom. The number of alkyl halides is 3. The second kappa shape index (κ2) is 8.34. The van der Waals surface area contributed by atoms with Crippen molar-refractivity contribution in [3.8, 4) is 17.1 Å². The van der Waals surface area contributed by atoms with Gasteiger partial charge in [0.05, 0.1) is 5.56 Å². The first kappa shape index (κ1) is 20.4. The van der Waals surface area contributed by atoms with Gasteiger partial charge in [0.25, 0.3) is 5.89 Å². The molecule has 29 heavy (non-hydrogen) atoms. The number of halogens is 3. The summed E-state index contributed by atoms with van der Waals surface area (Å²) in [5.74, 6) is -0.208. The van der Waals surface area contributed by atoms with Gasteiger partial charge in [-0.15, -0.1) is 0 Å². The van der Waals surface area contributed by atoms with Crippen LogP contribution in [0.25, 0.3) is 11.4 Å². The van der Waals surface area contributed by atoms with Crippen LogP contribution >= 0.6 is 0 Å². The summed E-state index contributed by atoms with van der Waals surface area (Å²) in [6.45, 7) is 1.67. The molecule has 6 nitrogen and oxygen atoms in total. The zero-order valence-corrected chi connectivity index (χ0v) is 15.3. The van der Waals surface area contributed by atoms with Crippen molar-refractivity contribution in [2.24, 2.45) is 0 Å². The minimum Gasteiger partial charge on any atom is -0.481 e. The van der Waals surface area contributed by atoms with E-state index in [2.05, 4.69) is 10.1 Å². The highest BCUT2D eigenvalue weighted by Gasteiger charge is 2.31. The van der Waals surface area contributed by atoms with Gasteiger partial charge in [0.1, 0.15) is 5.75 Å². The minimum atomic E-state index is -4.46. The number of hydrogen-bond donors (Lipinski definition) is 1. The first-order valence-corrected chi connectivity index (χ1v) is 8.71. The van der Waals surface area contributed by atoms with Crippen molar-refractivity contribution in [1.82, 2.24) is 10.1 Å². The normalized spacial score (nSPS) is 12.6. The molecular formula is C20H17F3N2O4. The molecule has 1 N–H and O–H groups in total. The molecule has 0 aliphatic heterocycles. The molecule has 0 saturated carbocycles. The number of rotatable bonds is 7. The maximum Gasteiger partial charge on any atom is 0.416 e. The molecule has 1 aromatic heterocycles. The summed E-state index contributed by atoms with van der Waals surface area (Å²) >= 11 is 0. The van der Waals surface area contributed by atoms with Crippen LogP contribution in [0.3, 0.4) is 0 Å². The maximum absolute atomic E-state index is 12.9. The van der Waals surface area contributed by atoms with Crippen molar-refractivity contribution < 1.29 is 32.3 Å². The number of aliphatic carboxylic acids is 1. The number of ether oxygens (including phenoxy) is 1. The first-order chi connectivity index (χ1) is 13.7. The van der Waals surface area contributed by atoms with Crippen LogP contribution in [0.5, 0.6) is 5.75 Å². The van der Waals surface area contributed by atoms with Crippen LogP contribution in [0.1, 0.15) is 36.5 Å². The van der Waals surface area contributed by atoms with Crippen LogP contribution in [0.15, 0.2) is 53.1 Å². The SMILES string of the molecule is CC(Oc1ccc(CCC(=O)O)cc1)c1nc(-c2cccc(C(F)(F)F)c2)no1. The van der Waals surface area contributed by atoms with Gasteiger partial charge < -0.3 is 14.4 Å². The third kappa shape index (κ3) is 5.34. The molecule has 3 aromatic rings. The van der Waals surface area contributed by atoms with Gasteiger partial charge in [0, 0.05) is 12.0 Å². The summed E-state index contributed by atoms with van der Waals surface area (Å²) in [7, 11) is 0. The molecule has 0 aliphatic carbocycles. The minimum absolute atomic E-state index is 0.0329. The number of benzene rings is 2. The first-order valence-electron chi connectivity index (χ1n) is 8.71. The van der Waals surface area contributed by atoms with Crippen molar-refractivity contribution in [1.29, 1.82) is 0 Å². The lowest BCUT2D eigenvalue weighted by molar-refractivity contribution is -0.138. The smallest absolute Gasteiger partial charge is 0.416 e. The molecule has 9 heteroatoms. The summed E-state index contributed by atoms with van der Waals surface area (Å²) in [5, 5.41) is 12.4. The molecule has 0 amide bonds. The number of aromatic nitrogens is 2. The number of carboxylic acids is 1. The molecule has 1 unspecified atom stereocenters. The van der Waals surface area contributed by atoms with Crippen molar-refractivity contribution >= 4 is 5.97 Å². The quantitative estimate of drug-likeness (QED) is 0.600. The Kier molecular flexibility index (Phi) is 5.86. The summed E-state index contributed by atoms with van der Waals surface area (Å²) < 4.78 is 49.4. The molecule has 0 spiro atoms. The highest BCUT2D eigenvalue weighted by Crippen LogP contribution is 2.32. The molecule has 0 bridgehead atoms. The predicted molar refractivity (Wildman–Crippen MR) is 96.2 cm³/mol. The van der Waals surface area contributed by atoms with Gasteiger partial charge in [-0.25, -0.2) is 0 Å². The third-order valence-electron chi connectivity index (χ3n) is 4.10. The summed E-state index contributed by atoms with van der Waals surface area (Å²) in [4.78, 5) is 14.7. The lowest BCUT2D eigenvalue weighted by Gasteiger charge is -2.11. The predicted octanol–water partition coefficient (Wildman–Crippen LogP) is 4.91. The summed E-state index contributed by atoms with van der Waals surface area (Å²) in [6, 6.07) is 11.6. The average molecular weight is 406 g/mol. The van der Waals surface area contributed by atoms with Crippen LogP contribution in [-0.4, -0.2) is 21.2 Å². The average Bonchev–Trinajstić information content (AvgIpc) is 3.17. The zero-order valence-electron chi connectivity index (χ0n) is 15.3. The van der Waals surface area contributed by atoms with Crippen LogP contribution in [0.4, 0.5) is 13.2 Å². The Hall–Kier alpha value is -3.36. The fraction of sp³-hybridized carbons (Fsp3) is 0.250. The zero-order chi connectivity index (χ0) is 21.0. The van der Waals surface area contributed by atoms with Crippen molar-refractivity contribution in [3.05, 3.63) is 65.5 Å². The molecule has 1 heterocycles. The molecule has 0 fully saturated rings. The Morgan fingerprint density at radius 3 is 2.59 bits per heavy atom. The van der Waals surface area contributed by atoms with E-state index in [0.717, 1.165) is 17.7 Å². The Labute approximate surface area is 163 Å². The molecule has 0 radical (unpaired) electrons. The molecule has 0 saturated heterocycles.